The Hall–Kier alpha value is -2.37. The highest BCUT2D eigenvalue weighted by Crippen LogP contribution is 2.40. The molecular formula is C18H20F3N3O8S3. The summed E-state index contributed by atoms with van der Waals surface area (Å²) in [5, 5.41) is 20.6. The Balaban J connectivity index is 0.000000540. The molecule has 0 saturated carbocycles. The summed E-state index contributed by atoms with van der Waals surface area (Å²) in [5.74, 6) is -3.45. The zero-order valence-corrected chi connectivity index (χ0v) is 20.3. The van der Waals surface area contributed by atoms with Gasteiger partial charge in [-0.25, -0.2) is 9.59 Å². The number of carbonyl (C=O) groups excluding carboxylic acids is 3. The molecule has 0 spiro atoms. The van der Waals surface area contributed by atoms with Crippen LogP contribution >= 0.6 is 35.3 Å². The van der Waals surface area contributed by atoms with Crippen molar-refractivity contribution in [3.63, 3.8) is 0 Å². The topological polar surface area (TPSA) is 176 Å². The van der Waals surface area contributed by atoms with Crippen molar-refractivity contribution in [3.8, 4) is 0 Å². The summed E-state index contributed by atoms with van der Waals surface area (Å²) in [4.78, 5) is 58.5. The maximum atomic E-state index is 12.6. The van der Waals surface area contributed by atoms with E-state index in [0.29, 0.717) is 5.57 Å². The number of hydrogen-bond acceptors (Lipinski definition) is 10. The molecule has 17 heteroatoms. The van der Waals surface area contributed by atoms with Crippen LogP contribution in [0, 0.1) is 0 Å². The number of ether oxygens (including phenoxy) is 1. The second-order valence-corrected chi connectivity index (χ2v) is 10.2. The Labute approximate surface area is 209 Å². The quantitative estimate of drug-likeness (QED) is 0.263. The van der Waals surface area contributed by atoms with Crippen LogP contribution in [0.3, 0.4) is 0 Å². The van der Waals surface area contributed by atoms with E-state index in [4.69, 9.17) is 20.4 Å². The Kier molecular flexibility index (Phi) is 9.94. The molecule has 35 heavy (non-hydrogen) atoms. The van der Waals surface area contributed by atoms with E-state index in [9.17, 15) is 37.5 Å². The van der Waals surface area contributed by atoms with Gasteiger partial charge in [-0.3, -0.25) is 19.3 Å². The van der Waals surface area contributed by atoms with Gasteiger partial charge in [0.15, 0.2) is 0 Å². The van der Waals surface area contributed by atoms with Gasteiger partial charge in [-0.05, 0) is 5.41 Å². The highest BCUT2D eigenvalue weighted by Gasteiger charge is 2.54. The minimum atomic E-state index is -5.08. The van der Waals surface area contributed by atoms with E-state index in [0.717, 1.165) is 21.3 Å². The van der Waals surface area contributed by atoms with E-state index in [2.05, 4.69) is 5.32 Å². The van der Waals surface area contributed by atoms with Gasteiger partial charge in [0.05, 0.1) is 0 Å². The number of amides is 2. The summed E-state index contributed by atoms with van der Waals surface area (Å²) in [5.41, 5.74) is 6.16. The first kappa shape index (κ1) is 28.9. The minimum Gasteiger partial charge on any atom is -0.477 e. The van der Waals surface area contributed by atoms with Gasteiger partial charge in [0, 0.05) is 34.7 Å². The van der Waals surface area contributed by atoms with Crippen LogP contribution in [0.5, 0.6) is 0 Å². The number of nitrogens with zero attached hydrogens (tertiary/aromatic N) is 1. The molecule has 3 atom stereocenters. The summed E-state index contributed by atoms with van der Waals surface area (Å²) in [7, 11) is 0. The van der Waals surface area contributed by atoms with Gasteiger partial charge in [-0.2, -0.15) is 13.2 Å². The number of halogens is 3. The first-order valence-corrected chi connectivity index (χ1v) is 12.7. The van der Waals surface area contributed by atoms with Crippen LogP contribution in [0.2, 0.25) is 0 Å². The summed E-state index contributed by atoms with van der Waals surface area (Å²) >= 11 is 4.41. The number of β-lactam (4-membered cyclic amide) rings is 1. The summed E-state index contributed by atoms with van der Waals surface area (Å²) in [6.07, 6.45) is -5.08. The lowest BCUT2D eigenvalue weighted by molar-refractivity contribution is -0.192. The highest BCUT2D eigenvalue weighted by atomic mass is 32.2. The molecule has 3 unspecified atom stereocenters. The molecule has 0 bridgehead atoms. The molecule has 1 saturated heterocycles. The van der Waals surface area contributed by atoms with Gasteiger partial charge in [-0.15, -0.1) is 35.3 Å². The molecule has 2 amide bonds. The van der Waals surface area contributed by atoms with E-state index in [-0.39, 0.29) is 18.1 Å². The number of esters is 1. The third kappa shape index (κ3) is 7.31. The average Bonchev–Trinajstić information content (AvgIpc) is 2.79. The van der Waals surface area contributed by atoms with Crippen LogP contribution in [-0.2, 0) is 28.7 Å². The van der Waals surface area contributed by atoms with Crippen LogP contribution < -0.4 is 11.1 Å². The van der Waals surface area contributed by atoms with Crippen molar-refractivity contribution in [3.05, 3.63) is 21.6 Å². The second kappa shape index (κ2) is 12.0. The van der Waals surface area contributed by atoms with E-state index in [1.165, 1.54) is 30.4 Å². The van der Waals surface area contributed by atoms with Gasteiger partial charge in [-0.1, -0.05) is 0 Å². The fourth-order valence-corrected chi connectivity index (χ4v) is 6.37. The third-order valence-corrected chi connectivity index (χ3v) is 8.22. The molecule has 5 N–H and O–H groups in total. The van der Waals surface area contributed by atoms with Crippen molar-refractivity contribution < 1.29 is 52.1 Å². The van der Waals surface area contributed by atoms with E-state index >= 15 is 0 Å². The van der Waals surface area contributed by atoms with Crippen molar-refractivity contribution in [2.75, 3.05) is 23.9 Å². The number of nitrogens with one attached hydrogen (secondary N) is 1. The van der Waals surface area contributed by atoms with Crippen molar-refractivity contribution in [2.24, 2.45) is 5.73 Å². The lowest BCUT2D eigenvalue weighted by Crippen LogP contribution is -2.71. The SMILES string of the molecule is CC(=O)OCC1=C(C(=O)O)N2C(=O)C(NC(=O)C(N)C3=CSCCS3)C2SC1.O=C(O)C(F)(F)F. The van der Waals surface area contributed by atoms with Crippen molar-refractivity contribution in [1.29, 1.82) is 0 Å². The predicted molar refractivity (Wildman–Crippen MR) is 121 cm³/mol. The second-order valence-electron chi connectivity index (χ2n) is 6.95. The molecule has 3 aliphatic heterocycles. The zero-order valence-electron chi connectivity index (χ0n) is 17.9. The van der Waals surface area contributed by atoms with Crippen LogP contribution in [0.15, 0.2) is 21.6 Å². The Morgan fingerprint density at radius 2 is 1.91 bits per heavy atom. The molecule has 1 fully saturated rings. The number of carboxylic acids is 2. The standard InChI is InChI=1S/C16H19N3O6S3.C2HF3O2/c1-7(20)25-4-8-5-28-15-11(14(22)19(15)12(8)16(23)24)18-13(21)10(17)9-6-26-2-3-27-9;3-2(4,5)1(6)7/h6,10-11,15H,2-5,17H2,1H3,(H,18,21)(H,23,24);(H,6,7). The number of nitrogens with two attached hydrogens (primary N) is 1. The first-order chi connectivity index (χ1) is 16.3. The molecule has 0 aliphatic carbocycles. The highest BCUT2D eigenvalue weighted by molar-refractivity contribution is 8.09. The molecule has 3 heterocycles. The number of carbonyl (C=O) groups is 5. The summed E-state index contributed by atoms with van der Waals surface area (Å²) < 4.78 is 36.6. The van der Waals surface area contributed by atoms with Gasteiger partial charge in [0.25, 0.3) is 5.91 Å². The van der Waals surface area contributed by atoms with Gasteiger partial charge in [0.1, 0.15) is 29.8 Å². The number of aliphatic carboxylic acids is 2. The normalized spacial score (nSPS) is 22.5. The molecule has 0 aromatic carbocycles. The predicted octanol–water partition coefficient (Wildman–Crippen LogP) is 0.570. The molecule has 0 aromatic heterocycles. The molecule has 0 aromatic rings. The smallest absolute Gasteiger partial charge is 0.477 e. The first-order valence-electron chi connectivity index (χ1n) is 9.59. The van der Waals surface area contributed by atoms with Gasteiger partial charge in [0.2, 0.25) is 5.91 Å². The number of hydrogen-bond donors (Lipinski definition) is 4. The number of rotatable bonds is 6. The summed E-state index contributed by atoms with van der Waals surface area (Å²) in [6, 6.07) is -1.70. The number of thioether (sulfide) groups is 3. The number of carboxylic acid groups (broad SMARTS) is 2. The lowest BCUT2D eigenvalue weighted by atomic mass is 10.0. The fraction of sp³-hybridized carbons (Fsp3) is 0.500. The molecule has 0 radical (unpaired) electrons. The van der Waals surface area contributed by atoms with Crippen LogP contribution in [-0.4, -0.2) is 92.3 Å². The Morgan fingerprint density at radius 1 is 1.29 bits per heavy atom. The van der Waals surface area contributed by atoms with E-state index < -0.39 is 53.4 Å². The monoisotopic (exact) mass is 559 g/mol. The van der Waals surface area contributed by atoms with E-state index in [1.54, 1.807) is 11.8 Å². The summed E-state index contributed by atoms with van der Waals surface area (Å²) in [6.45, 7) is 1.04. The zero-order chi connectivity index (χ0) is 26.5. The minimum absolute atomic E-state index is 0.188. The fourth-order valence-electron chi connectivity index (χ4n) is 2.90. The number of fused-ring (bicyclic) bond motifs is 1. The maximum Gasteiger partial charge on any atom is 0.490 e. The molecule has 11 nitrogen and oxygen atoms in total. The molecule has 194 valence electrons. The van der Waals surface area contributed by atoms with Crippen LogP contribution in [0.1, 0.15) is 6.92 Å². The van der Waals surface area contributed by atoms with Crippen molar-refractivity contribution in [2.45, 2.75) is 30.6 Å². The van der Waals surface area contributed by atoms with Crippen molar-refractivity contribution >= 4 is 65.0 Å². The average molecular weight is 560 g/mol. The van der Waals surface area contributed by atoms with E-state index in [1.807, 2.05) is 5.41 Å². The lowest BCUT2D eigenvalue weighted by Gasteiger charge is -2.49. The Bertz CT molecular complexity index is 972. The van der Waals surface area contributed by atoms with Gasteiger partial charge < -0.3 is 26.0 Å². The van der Waals surface area contributed by atoms with Crippen molar-refractivity contribution in [1.82, 2.24) is 10.2 Å². The molecule has 3 aliphatic rings. The molecule has 3 rings (SSSR count). The van der Waals surface area contributed by atoms with Crippen LogP contribution in [0.25, 0.3) is 0 Å². The third-order valence-electron chi connectivity index (χ3n) is 4.50. The van der Waals surface area contributed by atoms with Gasteiger partial charge >= 0.3 is 24.1 Å². The number of alkyl halides is 3. The Morgan fingerprint density at radius 3 is 2.40 bits per heavy atom. The molecular weight excluding hydrogens is 539 g/mol. The van der Waals surface area contributed by atoms with Crippen LogP contribution in [0.4, 0.5) is 13.2 Å². The maximum absolute atomic E-state index is 12.6. The largest absolute Gasteiger partial charge is 0.490 e.